The average Bonchev–Trinajstić information content (AvgIpc) is 3.88. The summed E-state index contributed by atoms with van der Waals surface area (Å²) >= 11 is 0. The summed E-state index contributed by atoms with van der Waals surface area (Å²) in [5.41, 5.74) is 9.95. The van der Waals surface area contributed by atoms with Crippen molar-refractivity contribution in [3.8, 4) is 17.1 Å². The average molecular weight is 830 g/mol. The monoisotopic (exact) mass is 829 g/mol. The minimum atomic E-state index is -3.10. The van der Waals surface area contributed by atoms with Crippen molar-refractivity contribution < 1.29 is 4.39 Å². The topological polar surface area (TPSA) is 38.9 Å². The van der Waals surface area contributed by atoms with E-state index in [2.05, 4.69) is 172 Å². The van der Waals surface area contributed by atoms with Gasteiger partial charge in [0.05, 0.1) is 28.4 Å². The maximum atomic E-state index is 17.1. The lowest BCUT2D eigenvalue weighted by Crippen LogP contribution is -2.77. The lowest BCUT2D eigenvalue weighted by Gasteiger charge is -2.45. The van der Waals surface area contributed by atoms with Crippen molar-refractivity contribution in [1.29, 1.82) is 0 Å². The summed E-state index contributed by atoms with van der Waals surface area (Å²) in [4.78, 5) is 12.8. The molecule has 8 aromatic carbocycles. The van der Waals surface area contributed by atoms with Gasteiger partial charge >= 0.3 is 0 Å². The van der Waals surface area contributed by atoms with Gasteiger partial charge in [-0.05, 0) is 86.5 Å². The summed E-state index contributed by atoms with van der Waals surface area (Å²) in [5.74, 6) is 0.803. The molecule has 0 fully saturated rings. The fourth-order valence-electron chi connectivity index (χ4n) is 10.2. The summed E-state index contributed by atoms with van der Waals surface area (Å²) in [6.45, 7) is 0. The number of imidazole rings is 1. The highest BCUT2D eigenvalue weighted by atomic mass is 28.3. The molecule has 1 aliphatic rings. The lowest BCUT2D eigenvalue weighted by atomic mass is 10.00. The van der Waals surface area contributed by atoms with Crippen LogP contribution in [0.2, 0.25) is 0 Å². The van der Waals surface area contributed by atoms with E-state index in [1.54, 1.807) is 0 Å². The second-order valence-electron chi connectivity index (χ2n) is 16.3. The summed E-state index contributed by atoms with van der Waals surface area (Å²) in [7, 11) is -1.09. The summed E-state index contributed by atoms with van der Waals surface area (Å²) < 4.78 is 21.4. The van der Waals surface area contributed by atoms with E-state index >= 15 is 4.39 Å². The van der Waals surface area contributed by atoms with Crippen molar-refractivity contribution in [2.45, 2.75) is 6.17 Å². The number of fused-ring (bicyclic) bond motifs is 7. The van der Waals surface area contributed by atoms with E-state index in [1.807, 2.05) is 67.7 Å². The third-order valence-corrected chi connectivity index (χ3v) is 17.8. The number of hydrogen-bond donors (Lipinski definition) is 0. The van der Waals surface area contributed by atoms with Crippen LogP contribution in [-0.4, -0.2) is 27.2 Å². The Bertz CT molecular complexity index is 3470. The van der Waals surface area contributed by atoms with E-state index in [0.29, 0.717) is 11.1 Å². The largest absolute Gasteiger partial charge is 0.327 e. The molecule has 7 heteroatoms. The Balaban J connectivity index is 1.10. The molecule has 0 saturated carbocycles. The minimum absolute atomic E-state index is 0.569. The highest BCUT2D eigenvalue weighted by Gasteiger charge is 2.50. The quantitative estimate of drug-likeness (QED) is 0.150. The number of hydrogen-bond acceptors (Lipinski definition) is 3. The van der Waals surface area contributed by atoms with Crippen LogP contribution in [0.15, 0.2) is 219 Å². The molecule has 0 spiro atoms. The van der Waals surface area contributed by atoms with Gasteiger partial charge in [-0.1, -0.05) is 158 Å². The molecule has 0 N–H and O–H groups in total. The second kappa shape index (κ2) is 14.6. The molecule has 1 aliphatic heterocycles. The van der Waals surface area contributed by atoms with Crippen LogP contribution in [0.25, 0.3) is 50.0 Å². The van der Waals surface area contributed by atoms with Crippen molar-refractivity contribution in [2.75, 3.05) is 4.90 Å². The molecule has 5 nitrogen and oxygen atoms in total. The predicted octanol–water partition coefficient (Wildman–Crippen LogP) is 11.0. The molecular weight excluding hydrogens is 790 g/mol. The zero-order chi connectivity index (χ0) is 42.1. The summed E-state index contributed by atoms with van der Waals surface area (Å²) in [6.07, 6.45) is 0.707. The fraction of sp³-hybridized carbons (Fsp3) is 0.0357. The highest BCUT2D eigenvalue weighted by molar-refractivity contribution is 7.22. The van der Waals surface area contributed by atoms with Crippen molar-refractivity contribution in [1.82, 2.24) is 19.1 Å². The minimum Gasteiger partial charge on any atom is -0.327 e. The Hall–Kier alpha value is -7.87. The molecule has 1 atom stereocenters. The maximum absolute atomic E-state index is 17.1. The number of nitrogens with zero attached hydrogens (tertiary/aromatic N) is 5. The Labute approximate surface area is 365 Å². The van der Waals surface area contributed by atoms with Gasteiger partial charge in [-0.25, -0.2) is 14.4 Å². The molecule has 63 heavy (non-hydrogen) atoms. The van der Waals surface area contributed by atoms with Gasteiger partial charge in [-0.3, -0.25) is 4.57 Å². The van der Waals surface area contributed by atoms with Gasteiger partial charge < -0.3 is 9.47 Å². The van der Waals surface area contributed by atoms with Gasteiger partial charge in [0.2, 0.25) is 0 Å². The van der Waals surface area contributed by atoms with Crippen LogP contribution in [0.1, 0.15) is 17.3 Å². The standard InChI is InChI=1S/C56H40FN5Si/c1-60-48-32-14-12-30-46(48)59-55(60)40-21-17-19-38(35-40)53(57)39-20-18-24-42(36-39)62-47-31-13-11-29-45(47)52-54-50(37-58-56(52)62)61(41-22-5-2-6-23-41)49-33-15-16-34-51(49)63(54,43-25-7-3-8-26-43)44-27-9-4-10-28-44/h2-37,53H,1H3. The molecule has 3 aromatic heterocycles. The Kier molecular flexibility index (Phi) is 8.59. The van der Waals surface area contributed by atoms with Gasteiger partial charge in [0.1, 0.15) is 11.5 Å². The van der Waals surface area contributed by atoms with E-state index < -0.39 is 14.2 Å². The number of para-hydroxylation sites is 5. The first-order valence-electron chi connectivity index (χ1n) is 21.4. The van der Waals surface area contributed by atoms with Crippen molar-refractivity contribution >= 4 is 78.9 Å². The molecule has 1 unspecified atom stereocenters. The Morgan fingerprint density at radius 2 is 1.14 bits per heavy atom. The molecule has 4 heterocycles. The van der Waals surface area contributed by atoms with Crippen molar-refractivity contribution in [3.63, 3.8) is 0 Å². The molecule has 0 amide bonds. The first-order valence-corrected chi connectivity index (χ1v) is 23.4. The molecule has 12 rings (SSSR count). The number of aromatic nitrogens is 4. The maximum Gasteiger partial charge on any atom is 0.185 e. The van der Waals surface area contributed by atoms with E-state index in [1.165, 1.54) is 20.7 Å². The smallest absolute Gasteiger partial charge is 0.185 e. The molecule has 300 valence electrons. The van der Waals surface area contributed by atoms with Crippen LogP contribution in [0.4, 0.5) is 21.5 Å². The number of aryl methyl sites for hydroxylation is 1. The summed E-state index contributed by atoms with van der Waals surface area (Å²) in [5, 5.41) is 7.39. The SMILES string of the molecule is Cn1c(-c2cccc(C(F)c3cccc(-n4c5ccccc5c5c6c(cnc54)N(c4ccccc4)c4ccccc4[Si]6(c4ccccc4)c4ccccc4)c3)c2)nc2ccccc21. The zero-order valence-electron chi connectivity index (χ0n) is 34.5. The van der Waals surface area contributed by atoms with Crippen LogP contribution in [0, 0.1) is 0 Å². The zero-order valence-corrected chi connectivity index (χ0v) is 35.5. The number of halogens is 1. The van der Waals surface area contributed by atoms with Crippen molar-refractivity contribution in [2.24, 2.45) is 7.05 Å². The van der Waals surface area contributed by atoms with Crippen LogP contribution >= 0.6 is 0 Å². The molecule has 0 bridgehead atoms. The highest BCUT2D eigenvalue weighted by Crippen LogP contribution is 2.42. The van der Waals surface area contributed by atoms with Gasteiger partial charge in [-0.15, -0.1) is 0 Å². The fourth-order valence-corrected chi connectivity index (χ4v) is 15.5. The van der Waals surface area contributed by atoms with E-state index in [0.717, 1.165) is 67.1 Å². The first-order chi connectivity index (χ1) is 31.1. The van der Waals surface area contributed by atoms with Gasteiger partial charge in [0.15, 0.2) is 14.2 Å². The summed E-state index contributed by atoms with van der Waals surface area (Å²) in [6, 6.07) is 74.1. The Morgan fingerprint density at radius 1 is 0.540 bits per heavy atom. The third-order valence-electron chi connectivity index (χ3n) is 12.9. The second-order valence-corrected chi connectivity index (χ2v) is 20.0. The van der Waals surface area contributed by atoms with Gasteiger partial charge in [-0.2, -0.15) is 0 Å². The number of anilines is 3. The molecule has 0 aliphatic carbocycles. The molecule has 0 radical (unpaired) electrons. The van der Waals surface area contributed by atoms with Gasteiger partial charge in [0, 0.05) is 40.4 Å². The lowest BCUT2D eigenvalue weighted by molar-refractivity contribution is 0.402. The first kappa shape index (κ1) is 36.9. The number of benzene rings is 8. The van der Waals surface area contributed by atoms with E-state index in [4.69, 9.17) is 9.97 Å². The van der Waals surface area contributed by atoms with Crippen LogP contribution in [-0.2, 0) is 7.05 Å². The van der Waals surface area contributed by atoms with Gasteiger partial charge in [0.25, 0.3) is 0 Å². The Morgan fingerprint density at radius 3 is 1.89 bits per heavy atom. The van der Waals surface area contributed by atoms with Crippen LogP contribution in [0.3, 0.4) is 0 Å². The van der Waals surface area contributed by atoms with Crippen LogP contribution < -0.4 is 25.6 Å². The van der Waals surface area contributed by atoms with Crippen molar-refractivity contribution in [3.05, 3.63) is 230 Å². The predicted molar refractivity (Wildman–Crippen MR) is 260 cm³/mol. The number of pyridine rings is 1. The van der Waals surface area contributed by atoms with Crippen LogP contribution in [0.5, 0.6) is 0 Å². The molecule has 0 saturated heterocycles. The number of rotatable bonds is 7. The van der Waals surface area contributed by atoms with E-state index in [-0.39, 0.29) is 0 Å². The van der Waals surface area contributed by atoms with E-state index in [9.17, 15) is 0 Å². The molecule has 11 aromatic rings. The number of alkyl halides is 1. The third kappa shape index (κ3) is 5.60. The molecular formula is C56H40FN5Si. The normalized spacial score (nSPS) is 13.6.